The maximum Gasteiger partial charge on any atom is 0.295 e. The predicted octanol–water partition coefficient (Wildman–Crippen LogP) is 2.21. The van der Waals surface area contributed by atoms with Crippen LogP contribution >= 0.6 is 0 Å². The lowest BCUT2D eigenvalue weighted by molar-refractivity contribution is -0.128. The summed E-state index contributed by atoms with van der Waals surface area (Å²) in [6, 6.07) is 9.17. The van der Waals surface area contributed by atoms with Crippen LogP contribution in [0.2, 0.25) is 0 Å². The first-order valence-electron chi connectivity index (χ1n) is 8.55. The van der Waals surface area contributed by atoms with Crippen LogP contribution in [0.4, 0.5) is 0 Å². The van der Waals surface area contributed by atoms with Gasteiger partial charge in [0.2, 0.25) is 5.88 Å². The van der Waals surface area contributed by atoms with E-state index in [0.717, 1.165) is 10.9 Å². The minimum absolute atomic E-state index is 0.0165. The van der Waals surface area contributed by atoms with Gasteiger partial charge < -0.3 is 14.6 Å². The van der Waals surface area contributed by atoms with Crippen molar-refractivity contribution in [2.45, 2.75) is 18.9 Å². The first-order chi connectivity index (χ1) is 12.7. The molecule has 26 heavy (non-hydrogen) atoms. The van der Waals surface area contributed by atoms with E-state index in [1.807, 2.05) is 24.3 Å². The van der Waals surface area contributed by atoms with E-state index in [4.69, 9.17) is 4.74 Å². The van der Waals surface area contributed by atoms with Crippen molar-refractivity contribution in [1.29, 1.82) is 0 Å². The Bertz CT molecular complexity index is 930. The second-order valence-electron chi connectivity index (χ2n) is 6.23. The van der Waals surface area contributed by atoms with Gasteiger partial charge in [0.1, 0.15) is 12.4 Å². The Morgan fingerprint density at radius 3 is 2.73 bits per heavy atom. The third kappa shape index (κ3) is 3.15. The van der Waals surface area contributed by atoms with E-state index in [9.17, 15) is 9.59 Å². The lowest BCUT2D eigenvalue weighted by Crippen LogP contribution is -2.44. The number of likely N-dealkylation sites (tertiary alicyclic amines) is 1. The number of carbonyl (C=O) groups is 2. The summed E-state index contributed by atoms with van der Waals surface area (Å²) in [5.74, 6) is -0.410. The largest absolute Gasteiger partial charge is 0.474 e. The van der Waals surface area contributed by atoms with Crippen LogP contribution in [0.1, 0.15) is 23.2 Å². The number of benzene rings is 1. The summed E-state index contributed by atoms with van der Waals surface area (Å²) < 4.78 is 5.79. The van der Waals surface area contributed by atoms with E-state index < -0.39 is 11.7 Å². The first-order valence-corrected chi connectivity index (χ1v) is 8.55. The number of nitrogens with zero attached hydrogens (tertiary/aromatic N) is 3. The van der Waals surface area contributed by atoms with Crippen molar-refractivity contribution in [3.8, 4) is 5.88 Å². The molecule has 0 unspecified atom stereocenters. The van der Waals surface area contributed by atoms with Gasteiger partial charge in [-0.05, 0) is 6.07 Å². The molecule has 0 spiro atoms. The van der Waals surface area contributed by atoms with Crippen molar-refractivity contribution in [3.63, 3.8) is 0 Å². The van der Waals surface area contributed by atoms with E-state index in [1.165, 1.54) is 6.33 Å². The van der Waals surface area contributed by atoms with Gasteiger partial charge in [-0.3, -0.25) is 9.59 Å². The molecule has 0 saturated carbocycles. The van der Waals surface area contributed by atoms with Gasteiger partial charge in [0.25, 0.3) is 11.7 Å². The highest BCUT2D eigenvalue weighted by Gasteiger charge is 2.29. The van der Waals surface area contributed by atoms with Crippen LogP contribution in [0.5, 0.6) is 5.88 Å². The number of hydrogen-bond acceptors (Lipinski definition) is 5. The number of fused-ring (bicyclic) bond motifs is 1. The van der Waals surface area contributed by atoms with Crippen molar-refractivity contribution < 1.29 is 14.3 Å². The summed E-state index contributed by atoms with van der Waals surface area (Å²) in [6.07, 6.45) is 5.98. The van der Waals surface area contributed by atoms with Crippen LogP contribution < -0.4 is 4.74 Å². The molecule has 0 aliphatic carbocycles. The Morgan fingerprint density at radius 1 is 1.15 bits per heavy atom. The molecular weight excluding hydrogens is 332 g/mol. The number of amides is 1. The van der Waals surface area contributed by atoms with Gasteiger partial charge in [0, 0.05) is 55.3 Å². The summed E-state index contributed by atoms with van der Waals surface area (Å²) in [5, 5.41) is 0.771. The Kier molecular flexibility index (Phi) is 4.35. The van der Waals surface area contributed by atoms with Crippen LogP contribution in [0.15, 0.2) is 49.1 Å². The Morgan fingerprint density at radius 2 is 1.96 bits per heavy atom. The zero-order valence-corrected chi connectivity index (χ0v) is 14.1. The number of rotatable bonds is 4. The molecular formula is C19H18N4O3. The highest BCUT2D eigenvalue weighted by atomic mass is 16.5. The van der Waals surface area contributed by atoms with E-state index in [1.54, 1.807) is 23.4 Å². The lowest BCUT2D eigenvalue weighted by atomic mass is 10.0. The molecule has 1 amide bonds. The number of piperidine rings is 1. The summed E-state index contributed by atoms with van der Waals surface area (Å²) >= 11 is 0. The average Bonchev–Trinajstić information content (AvgIpc) is 3.12. The van der Waals surface area contributed by atoms with Gasteiger partial charge in [0.05, 0.1) is 5.56 Å². The molecule has 2 aromatic heterocycles. The van der Waals surface area contributed by atoms with Gasteiger partial charge >= 0.3 is 0 Å². The molecule has 0 radical (unpaired) electrons. The minimum Gasteiger partial charge on any atom is -0.474 e. The van der Waals surface area contributed by atoms with Crippen molar-refractivity contribution in [1.82, 2.24) is 19.9 Å². The normalized spacial score (nSPS) is 15.2. The van der Waals surface area contributed by atoms with Crippen molar-refractivity contribution in [2.24, 2.45) is 0 Å². The van der Waals surface area contributed by atoms with Gasteiger partial charge in [0.15, 0.2) is 0 Å². The fourth-order valence-corrected chi connectivity index (χ4v) is 3.21. The Balaban J connectivity index is 1.39. The molecule has 1 saturated heterocycles. The molecule has 7 nitrogen and oxygen atoms in total. The van der Waals surface area contributed by atoms with E-state index in [0.29, 0.717) is 37.4 Å². The summed E-state index contributed by atoms with van der Waals surface area (Å²) in [7, 11) is 0. The highest BCUT2D eigenvalue weighted by Crippen LogP contribution is 2.21. The standard InChI is InChI=1S/C19H18N4O3/c24-18(15-11-21-16-4-2-1-3-14(15)16)19(25)23-9-6-13(7-10-23)26-17-5-8-20-12-22-17/h1-5,8,11-13,21H,6-7,9-10H2. The zero-order valence-electron chi connectivity index (χ0n) is 14.1. The Hall–Kier alpha value is -3.22. The zero-order chi connectivity index (χ0) is 17.9. The van der Waals surface area contributed by atoms with Crippen molar-refractivity contribution in [3.05, 3.63) is 54.6 Å². The van der Waals surface area contributed by atoms with Gasteiger partial charge in [-0.2, -0.15) is 0 Å². The van der Waals surface area contributed by atoms with Crippen LogP contribution in [0, 0.1) is 0 Å². The number of H-pyrrole nitrogens is 1. The third-order valence-corrected chi connectivity index (χ3v) is 4.60. The topological polar surface area (TPSA) is 88.2 Å². The third-order valence-electron chi connectivity index (χ3n) is 4.60. The summed E-state index contributed by atoms with van der Waals surface area (Å²) in [4.78, 5) is 37.8. The number of carbonyl (C=O) groups excluding carboxylic acids is 2. The first kappa shape index (κ1) is 16.3. The van der Waals surface area contributed by atoms with E-state index >= 15 is 0 Å². The SMILES string of the molecule is O=C(C(=O)N1CCC(Oc2ccncn2)CC1)c1c[nH]c2ccccc12. The maximum absolute atomic E-state index is 12.6. The maximum atomic E-state index is 12.6. The number of hydrogen-bond donors (Lipinski definition) is 1. The quantitative estimate of drug-likeness (QED) is 0.576. The Labute approximate surface area is 150 Å². The molecule has 0 atom stereocenters. The molecule has 132 valence electrons. The van der Waals surface area contributed by atoms with Crippen LogP contribution in [0.3, 0.4) is 0 Å². The van der Waals surface area contributed by atoms with Gasteiger partial charge in [-0.1, -0.05) is 18.2 Å². The van der Waals surface area contributed by atoms with Gasteiger partial charge in [-0.15, -0.1) is 0 Å². The molecule has 3 heterocycles. The number of ketones is 1. The molecule has 3 aromatic rings. The lowest BCUT2D eigenvalue weighted by Gasteiger charge is -2.31. The molecule has 1 aromatic carbocycles. The number of aromatic amines is 1. The number of ether oxygens (including phenoxy) is 1. The molecule has 0 bridgehead atoms. The van der Waals surface area contributed by atoms with Crippen molar-refractivity contribution >= 4 is 22.6 Å². The molecule has 1 aliphatic rings. The number of aromatic nitrogens is 3. The van der Waals surface area contributed by atoms with E-state index in [2.05, 4.69) is 15.0 Å². The van der Waals surface area contributed by atoms with E-state index in [-0.39, 0.29) is 6.10 Å². The molecule has 1 fully saturated rings. The fraction of sp³-hybridized carbons (Fsp3) is 0.263. The average molecular weight is 350 g/mol. The van der Waals surface area contributed by atoms with Crippen LogP contribution in [0.25, 0.3) is 10.9 Å². The smallest absolute Gasteiger partial charge is 0.295 e. The second kappa shape index (κ2) is 6.95. The monoisotopic (exact) mass is 350 g/mol. The molecule has 7 heteroatoms. The number of Topliss-reactive ketones (excluding diaryl/α,β-unsaturated/α-hetero) is 1. The number of para-hydroxylation sites is 1. The highest BCUT2D eigenvalue weighted by molar-refractivity contribution is 6.44. The number of nitrogens with one attached hydrogen (secondary N) is 1. The fourth-order valence-electron chi connectivity index (χ4n) is 3.21. The van der Waals surface area contributed by atoms with Crippen LogP contribution in [-0.2, 0) is 4.79 Å². The van der Waals surface area contributed by atoms with Gasteiger partial charge in [-0.25, -0.2) is 9.97 Å². The summed E-state index contributed by atoms with van der Waals surface area (Å²) in [6.45, 7) is 0.978. The minimum atomic E-state index is -0.474. The molecule has 1 aliphatic heterocycles. The molecule has 4 rings (SSSR count). The summed E-state index contributed by atoms with van der Waals surface area (Å²) in [5.41, 5.74) is 1.27. The molecule has 1 N–H and O–H groups in total. The predicted molar refractivity (Wildman–Crippen MR) is 94.9 cm³/mol. The second-order valence-corrected chi connectivity index (χ2v) is 6.23. The van der Waals surface area contributed by atoms with Crippen molar-refractivity contribution in [2.75, 3.05) is 13.1 Å². The van der Waals surface area contributed by atoms with Crippen LogP contribution in [-0.4, -0.2) is 50.7 Å².